The van der Waals surface area contributed by atoms with Crippen molar-refractivity contribution in [2.45, 2.75) is 32.0 Å². The van der Waals surface area contributed by atoms with E-state index in [1.165, 1.54) is 6.20 Å². The van der Waals surface area contributed by atoms with Crippen LogP contribution in [0.5, 0.6) is 0 Å². The largest absolute Gasteiger partial charge is 0.478 e. The minimum atomic E-state index is -0.991. The van der Waals surface area contributed by atoms with Gasteiger partial charge in [-0.25, -0.2) is 9.59 Å². The number of hydrogen-bond acceptors (Lipinski definition) is 5. The number of hydrogen-bond donors (Lipinski definition) is 2. The summed E-state index contributed by atoms with van der Waals surface area (Å²) in [6.07, 6.45) is 2.82. The van der Waals surface area contributed by atoms with Crippen molar-refractivity contribution in [3.05, 3.63) is 53.3 Å². The van der Waals surface area contributed by atoms with Gasteiger partial charge in [-0.05, 0) is 18.4 Å². The number of amides is 1. The molecule has 0 bridgehead atoms. The molecule has 8 nitrogen and oxygen atoms in total. The molecule has 2 heterocycles. The molecule has 1 saturated heterocycles. The van der Waals surface area contributed by atoms with Gasteiger partial charge in [-0.15, -0.1) is 0 Å². The number of carbonyl (C=O) groups excluding carboxylic acids is 1. The molecule has 1 amide bonds. The van der Waals surface area contributed by atoms with E-state index in [1.807, 2.05) is 30.3 Å². The zero-order chi connectivity index (χ0) is 19.2. The molecule has 27 heavy (non-hydrogen) atoms. The van der Waals surface area contributed by atoms with E-state index >= 15 is 0 Å². The molecule has 0 aliphatic carbocycles. The van der Waals surface area contributed by atoms with Crippen LogP contribution >= 0.6 is 0 Å². The molecule has 3 rings (SSSR count). The van der Waals surface area contributed by atoms with E-state index in [9.17, 15) is 14.7 Å². The number of benzene rings is 1. The van der Waals surface area contributed by atoms with Gasteiger partial charge < -0.3 is 20.1 Å². The summed E-state index contributed by atoms with van der Waals surface area (Å²) < 4.78 is 6.96. The van der Waals surface area contributed by atoms with Gasteiger partial charge in [0.2, 0.25) is 0 Å². The summed E-state index contributed by atoms with van der Waals surface area (Å²) in [5, 5.41) is 16.6. The Bertz CT molecular complexity index is 790. The number of aromatic nitrogens is 2. The predicted molar refractivity (Wildman–Crippen MR) is 98.2 cm³/mol. The van der Waals surface area contributed by atoms with Crippen molar-refractivity contribution in [2.75, 3.05) is 13.1 Å². The maximum absolute atomic E-state index is 12.3. The van der Waals surface area contributed by atoms with E-state index in [2.05, 4.69) is 10.4 Å². The number of ether oxygens (including phenoxy) is 1. The summed E-state index contributed by atoms with van der Waals surface area (Å²) >= 11 is 0. The SMILES string of the molecule is Cn1ncc(C(=O)O)c1CN[C@H]1CCCN(C(=O)OCc2ccccc2)C1. The molecule has 1 aliphatic heterocycles. The number of piperidine rings is 1. The lowest BCUT2D eigenvalue weighted by Gasteiger charge is -2.32. The molecule has 0 radical (unpaired) electrons. The zero-order valence-electron chi connectivity index (χ0n) is 15.3. The van der Waals surface area contributed by atoms with Gasteiger partial charge in [-0.3, -0.25) is 4.68 Å². The number of nitrogens with zero attached hydrogens (tertiary/aromatic N) is 3. The summed E-state index contributed by atoms with van der Waals surface area (Å²) in [4.78, 5) is 25.3. The van der Waals surface area contributed by atoms with Gasteiger partial charge in [0.25, 0.3) is 0 Å². The lowest BCUT2D eigenvalue weighted by Crippen LogP contribution is -2.48. The maximum Gasteiger partial charge on any atom is 0.410 e. The molecule has 2 N–H and O–H groups in total. The third-order valence-corrected chi connectivity index (χ3v) is 4.73. The van der Waals surface area contributed by atoms with Gasteiger partial charge in [0, 0.05) is 32.7 Å². The van der Waals surface area contributed by atoms with Gasteiger partial charge in [-0.2, -0.15) is 5.10 Å². The summed E-state index contributed by atoms with van der Waals surface area (Å²) in [5.41, 5.74) is 1.76. The van der Waals surface area contributed by atoms with Crippen LogP contribution in [0, 0.1) is 0 Å². The highest BCUT2D eigenvalue weighted by atomic mass is 16.6. The summed E-state index contributed by atoms with van der Waals surface area (Å²) in [5.74, 6) is -0.991. The third kappa shape index (κ3) is 4.85. The second kappa shape index (κ2) is 8.68. The fourth-order valence-electron chi connectivity index (χ4n) is 3.21. The zero-order valence-corrected chi connectivity index (χ0v) is 15.3. The van der Waals surface area contributed by atoms with Crippen LogP contribution in [0.25, 0.3) is 0 Å². The maximum atomic E-state index is 12.3. The monoisotopic (exact) mass is 372 g/mol. The van der Waals surface area contributed by atoms with Crippen LogP contribution in [0.3, 0.4) is 0 Å². The fourth-order valence-corrected chi connectivity index (χ4v) is 3.21. The van der Waals surface area contributed by atoms with E-state index < -0.39 is 5.97 Å². The summed E-state index contributed by atoms with van der Waals surface area (Å²) in [7, 11) is 1.72. The fraction of sp³-hybridized carbons (Fsp3) is 0.421. The van der Waals surface area contributed by atoms with Gasteiger partial charge in [0.15, 0.2) is 0 Å². The Morgan fingerprint density at radius 1 is 1.33 bits per heavy atom. The number of aromatic carboxylic acids is 1. The molecule has 1 aromatic heterocycles. The second-order valence-corrected chi connectivity index (χ2v) is 6.64. The molecule has 0 spiro atoms. The molecular weight excluding hydrogens is 348 g/mol. The van der Waals surface area contributed by atoms with Gasteiger partial charge in [0.1, 0.15) is 12.2 Å². The van der Waals surface area contributed by atoms with Crippen LogP contribution in [0.2, 0.25) is 0 Å². The Balaban J connectivity index is 1.51. The number of likely N-dealkylation sites (tertiary alicyclic amines) is 1. The lowest BCUT2D eigenvalue weighted by molar-refractivity contribution is 0.0695. The van der Waals surface area contributed by atoms with E-state index in [1.54, 1.807) is 16.6 Å². The Kier molecular flexibility index (Phi) is 6.08. The minimum absolute atomic E-state index is 0.0829. The van der Waals surface area contributed by atoms with Crippen LogP contribution in [0.1, 0.15) is 34.5 Å². The van der Waals surface area contributed by atoms with Crippen molar-refractivity contribution in [3.63, 3.8) is 0 Å². The van der Waals surface area contributed by atoms with Crippen molar-refractivity contribution in [1.29, 1.82) is 0 Å². The molecule has 0 saturated carbocycles. The number of rotatable bonds is 6. The highest BCUT2D eigenvalue weighted by Gasteiger charge is 2.25. The van der Waals surface area contributed by atoms with Crippen molar-refractivity contribution in [2.24, 2.45) is 7.05 Å². The first-order valence-electron chi connectivity index (χ1n) is 8.97. The van der Waals surface area contributed by atoms with Crippen LogP contribution < -0.4 is 5.32 Å². The average Bonchev–Trinajstić information content (AvgIpc) is 3.06. The normalized spacial score (nSPS) is 16.9. The topological polar surface area (TPSA) is 96.7 Å². The van der Waals surface area contributed by atoms with E-state index in [0.717, 1.165) is 18.4 Å². The Hall–Kier alpha value is -2.87. The third-order valence-electron chi connectivity index (χ3n) is 4.73. The smallest absolute Gasteiger partial charge is 0.410 e. The van der Waals surface area contributed by atoms with Crippen LogP contribution in [0.4, 0.5) is 4.79 Å². The number of carboxylic acid groups (broad SMARTS) is 1. The number of nitrogens with one attached hydrogen (secondary N) is 1. The quantitative estimate of drug-likeness (QED) is 0.805. The number of carboxylic acids is 1. The Morgan fingerprint density at radius 3 is 2.85 bits per heavy atom. The first-order valence-corrected chi connectivity index (χ1v) is 8.97. The highest BCUT2D eigenvalue weighted by Crippen LogP contribution is 2.14. The molecular formula is C19H24N4O4. The van der Waals surface area contributed by atoms with Crippen LogP contribution in [-0.4, -0.2) is 51.0 Å². The van der Waals surface area contributed by atoms with Gasteiger partial charge in [-0.1, -0.05) is 30.3 Å². The average molecular weight is 372 g/mol. The van der Waals surface area contributed by atoms with E-state index in [0.29, 0.717) is 25.3 Å². The van der Waals surface area contributed by atoms with Crippen LogP contribution in [0.15, 0.2) is 36.5 Å². The second-order valence-electron chi connectivity index (χ2n) is 6.64. The standard InChI is InChI=1S/C19H24N4O4/c1-22-17(16(10-21-22)18(24)25)11-20-15-8-5-9-23(12-15)19(26)27-13-14-6-3-2-4-7-14/h2-4,6-7,10,15,20H,5,8-9,11-13H2,1H3,(H,24,25)/t15-/m0/s1. The summed E-state index contributed by atoms with van der Waals surface area (Å²) in [6, 6.07) is 9.66. The first kappa shape index (κ1) is 18.9. The van der Waals surface area contributed by atoms with E-state index in [-0.39, 0.29) is 24.3 Å². The molecule has 144 valence electrons. The van der Waals surface area contributed by atoms with E-state index in [4.69, 9.17) is 4.74 Å². The molecule has 1 aliphatic rings. The highest BCUT2D eigenvalue weighted by molar-refractivity contribution is 5.88. The Morgan fingerprint density at radius 2 is 2.11 bits per heavy atom. The molecule has 1 aromatic carbocycles. The van der Waals surface area contributed by atoms with Crippen molar-refractivity contribution < 1.29 is 19.4 Å². The minimum Gasteiger partial charge on any atom is -0.478 e. The lowest BCUT2D eigenvalue weighted by atomic mass is 10.1. The van der Waals surface area contributed by atoms with Crippen molar-refractivity contribution >= 4 is 12.1 Å². The summed E-state index contributed by atoms with van der Waals surface area (Å²) in [6.45, 7) is 1.84. The molecule has 0 unspecified atom stereocenters. The van der Waals surface area contributed by atoms with Crippen molar-refractivity contribution in [1.82, 2.24) is 20.0 Å². The molecule has 2 aromatic rings. The molecule has 8 heteroatoms. The van der Waals surface area contributed by atoms with Gasteiger partial charge in [0.05, 0.1) is 11.9 Å². The Labute approximate surface area is 157 Å². The van der Waals surface area contributed by atoms with Crippen LogP contribution in [-0.2, 0) is 24.9 Å². The predicted octanol–water partition coefficient (Wildman–Crippen LogP) is 2.01. The number of aryl methyl sites for hydroxylation is 1. The number of carbonyl (C=O) groups is 2. The molecule has 1 atom stereocenters. The van der Waals surface area contributed by atoms with Gasteiger partial charge >= 0.3 is 12.1 Å². The molecule has 1 fully saturated rings. The van der Waals surface area contributed by atoms with Crippen molar-refractivity contribution in [3.8, 4) is 0 Å². The first-order chi connectivity index (χ1) is 13.0.